The van der Waals surface area contributed by atoms with Gasteiger partial charge in [0.05, 0.1) is 7.11 Å². The molecule has 1 fully saturated rings. The molecule has 1 amide bonds. The third-order valence-corrected chi connectivity index (χ3v) is 5.07. The molecule has 0 aromatic heterocycles. The maximum absolute atomic E-state index is 11.9. The highest BCUT2D eigenvalue weighted by Crippen LogP contribution is 2.35. The zero-order valence-corrected chi connectivity index (χ0v) is 15.2. The van der Waals surface area contributed by atoms with E-state index in [1.54, 1.807) is 7.11 Å². The summed E-state index contributed by atoms with van der Waals surface area (Å²) in [6.07, 6.45) is 7.92. The molecule has 0 spiro atoms. The van der Waals surface area contributed by atoms with Crippen LogP contribution in [0, 0.1) is 5.92 Å². The average molecular weight is 321 g/mol. The van der Waals surface area contributed by atoms with Crippen molar-refractivity contribution in [3.8, 4) is 0 Å². The van der Waals surface area contributed by atoms with Crippen molar-refractivity contribution in [1.29, 1.82) is 0 Å². The molecular formula is C18H31N3O2. The highest BCUT2D eigenvalue weighted by Gasteiger charge is 2.41. The van der Waals surface area contributed by atoms with Crippen molar-refractivity contribution in [3.63, 3.8) is 0 Å². The molecule has 0 aromatic carbocycles. The summed E-state index contributed by atoms with van der Waals surface area (Å²) in [6.45, 7) is 8.07. The Morgan fingerprint density at radius 2 is 2.04 bits per heavy atom. The highest BCUT2D eigenvalue weighted by molar-refractivity contribution is 5.78. The highest BCUT2D eigenvalue weighted by atomic mass is 16.5. The van der Waals surface area contributed by atoms with Crippen molar-refractivity contribution >= 4 is 11.8 Å². The SMILES string of the molecule is CCC(=O)N(C)C1CCN(C2(/N=C(\OC)C(C)C)C=CC2)CC1. The zero-order valence-electron chi connectivity index (χ0n) is 15.2. The largest absolute Gasteiger partial charge is 0.484 e. The van der Waals surface area contributed by atoms with Gasteiger partial charge in [0.15, 0.2) is 5.90 Å². The van der Waals surface area contributed by atoms with E-state index in [0.29, 0.717) is 12.5 Å². The fraction of sp³-hybridized carbons (Fsp3) is 0.778. The number of carbonyl (C=O) groups excluding carboxylic acids is 1. The van der Waals surface area contributed by atoms with E-state index in [-0.39, 0.29) is 17.5 Å². The van der Waals surface area contributed by atoms with Crippen molar-refractivity contribution in [2.24, 2.45) is 10.9 Å². The number of aliphatic imine (C=N–C) groups is 1. The second kappa shape index (κ2) is 7.47. The van der Waals surface area contributed by atoms with Gasteiger partial charge in [0.25, 0.3) is 0 Å². The average Bonchev–Trinajstić information content (AvgIpc) is 2.53. The minimum Gasteiger partial charge on any atom is -0.484 e. The second-order valence-electron chi connectivity index (χ2n) is 6.87. The maximum atomic E-state index is 11.9. The summed E-state index contributed by atoms with van der Waals surface area (Å²) < 4.78 is 5.48. The van der Waals surface area contributed by atoms with Crippen LogP contribution in [-0.2, 0) is 9.53 Å². The summed E-state index contributed by atoms with van der Waals surface area (Å²) >= 11 is 0. The molecular weight excluding hydrogens is 290 g/mol. The third-order valence-electron chi connectivity index (χ3n) is 5.07. The predicted molar refractivity (Wildman–Crippen MR) is 93.4 cm³/mol. The molecule has 0 aromatic rings. The molecule has 1 aliphatic heterocycles. The van der Waals surface area contributed by atoms with Gasteiger partial charge in [0, 0.05) is 44.9 Å². The first-order chi connectivity index (χ1) is 10.9. The standard InChI is InChI=1S/C18H31N3O2/c1-6-16(22)20(4)15-8-12-21(13-9-15)18(10-7-11-18)19-17(23-5)14(2)3/h7,10,14-15H,6,8-9,11-13H2,1-5H3/b19-17-. The molecule has 23 heavy (non-hydrogen) atoms. The molecule has 5 nitrogen and oxygen atoms in total. The van der Waals surface area contributed by atoms with Crippen molar-refractivity contribution < 1.29 is 9.53 Å². The molecule has 5 heteroatoms. The van der Waals surface area contributed by atoms with Crippen LogP contribution in [0.3, 0.4) is 0 Å². The minimum absolute atomic E-state index is 0.228. The first-order valence-electron chi connectivity index (χ1n) is 8.75. The van der Waals surface area contributed by atoms with E-state index in [1.165, 1.54) is 0 Å². The summed E-state index contributed by atoms with van der Waals surface area (Å²) in [6, 6.07) is 0.357. The third kappa shape index (κ3) is 3.77. The molecule has 1 heterocycles. The van der Waals surface area contributed by atoms with Gasteiger partial charge >= 0.3 is 0 Å². The van der Waals surface area contributed by atoms with Gasteiger partial charge in [-0.1, -0.05) is 26.8 Å². The van der Waals surface area contributed by atoms with E-state index < -0.39 is 0 Å². The Labute approximate surface area is 140 Å². The normalized spacial score (nSPS) is 26.3. The van der Waals surface area contributed by atoms with Crippen LogP contribution in [0.4, 0.5) is 0 Å². The molecule has 1 unspecified atom stereocenters. The van der Waals surface area contributed by atoms with Crippen molar-refractivity contribution in [1.82, 2.24) is 9.80 Å². The number of carbonyl (C=O) groups is 1. The van der Waals surface area contributed by atoms with E-state index in [4.69, 9.17) is 9.73 Å². The summed E-state index contributed by atoms with van der Waals surface area (Å²) in [4.78, 5) is 21.2. The number of ether oxygens (including phenoxy) is 1. The Bertz CT molecular complexity index is 479. The number of nitrogens with zero attached hydrogens (tertiary/aromatic N) is 3. The van der Waals surface area contributed by atoms with Crippen molar-refractivity contribution in [3.05, 3.63) is 12.2 Å². The van der Waals surface area contributed by atoms with E-state index in [2.05, 4.69) is 30.9 Å². The lowest BCUT2D eigenvalue weighted by atomic mass is 9.90. The van der Waals surface area contributed by atoms with E-state index in [9.17, 15) is 4.79 Å². The maximum Gasteiger partial charge on any atom is 0.222 e. The Morgan fingerprint density at radius 1 is 1.43 bits per heavy atom. The van der Waals surface area contributed by atoms with Gasteiger partial charge in [-0.15, -0.1) is 0 Å². The van der Waals surface area contributed by atoms with Gasteiger partial charge < -0.3 is 9.64 Å². The Kier molecular flexibility index (Phi) is 5.84. The zero-order chi connectivity index (χ0) is 17.0. The summed E-state index contributed by atoms with van der Waals surface area (Å²) in [7, 11) is 3.64. The van der Waals surface area contributed by atoms with Crippen LogP contribution in [0.5, 0.6) is 0 Å². The van der Waals surface area contributed by atoms with Gasteiger partial charge in [0.2, 0.25) is 5.91 Å². The number of likely N-dealkylation sites (tertiary alicyclic amines) is 1. The quantitative estimate of drug-likeness (QED) is 0.444. The lowest BCUT2D eigenvalue weighted by Gasteiger charge is -2.47. The topological polar surface area (TPSA) is 45.1 Å². The molecule has 130 valence electrons. The Morgan fingerprint density at radius 3 is 2.43 bits per heavy atom. The lowest BCUT2D eigenvalue weighted by molar-refractivity contribution is -0.132. The molecule has 1 saturated heterocycles. The molecule has 2 aliphatic rings. The number of methoxy groups -OCH3 is 1. The van der Waals surface area contributed by atoms with Crippen LogP contribution in [0.2, 0.25) is 0 Å². The molecule has 0 saturated carbocycles. The first-order valence-corrected chi connectivity index (χ1v) is 8.75. The second-order valence-corrected chi connectivity index (χ2v) is 6.87. The van der Waals surface area contributed by atoms with Crippen molar-refractivity contribution in [2.75, 3.05) is 27.2 Å². The lowest BCUT2D eigenvalue weighted by Crippen LogP contribution is -2.55. The molecule has 0 N–H and O–H groups in total. The fourth-order valence-electron chi connectivity index (χ4n) is 3.41. The molecule has 2 rings (SSSR count). The van der Waals surface area contributed by atoms with Gasteiger partial charge in [-0.25, -0.2) is 4.99 Å². The van der Waals surface area contributed by atoms with Crippen LogP contribution >= 0.6 is 0 Å². The molecule has 0 radical (unpaired) electrons. The molecule has 0 bridgehead atoms. The van der Waals surface area contributed by atoms with Gasteiger partial charge in [0.1, 0.15) is 5.66 Å². The van der Waals surface area contributed by atoms with Gasteiger partial charge in [-0.05, 0) is 18.9 Å². The number of amides is 1. The van der Waals surface area contributed by atoms with Gasteiger partial charge in [-0.3, -0.25) is 9.69 Å². The van der Waals surface area contributed by atoms with E-state index in [0.717, 1.165) is 38.2 Å². The van der Waals surface area contributed by atoms with Crippen LogP contribution in [0.1, 0.15) is 46.5 Å². The molecule has 1 atom stereocenters. The fourth-order valence-corrected chi connectivity index (χ4v) is 3.41. The number of rotatable bonds is 5. The number of hydrogen-bond donors (Lipinski definition) is 0. The van der Waals surface area contributed by atoms with Gasteiger partial charge in [-0.2, -0.15) is 0 Å². The van der Waals surface area contributed by atoms with Crippen LogP contribution in [0.15, 0.2) is 17.1 Å². The summed E-state index contributed by atoms with van der Waals surface area (Å²) in [5.41, 5.74) is -0.228. The summed E-state index contributed by atoms with van der Waals surface area (Å²) in [5.74, 6) is 1.34. The summed E-state index contributed by atoms with van der Waals surface area (Å²) in [5, 5.41) is 0. The Balaban J connectivity index is 2.03. The van der Waals surface area contributed by atoms with Crippen LogP contribution in [-0.4, -0.2) is 60.6 Å². The first kappa shape index (κ1) is 18.0. The van der Waals surface area contributed by atoms with E-state index >= 15 is 0 Å². The smallest absolute Gasteiger partial charge is 0.222 e. The number of piperidine rings is 1. The predicted octanol–water partition coefficient (Wildman–Crippen LogP) is 2.68. The van der Waals surface area contributed by atoms with Crippen LogP contribution in [0.25, 0.3) is 0 Å². The Hall–Kier alpha value is -1.36. The minimum atomic E-state index is -0.228. The van der Waals surface area contributed by atoms with Crippen molar-refractivity contribution in [2.45, 2.75) is 58.2 Å². The monoisotopic (exact) mass is 321 g/mol. The van der Waals surface area contributed by atoms with E-state index in [1.807, 2.05) is 18.9 Å². The van der Waals surface area contributed by atoms with Crippen LogP contribution < -0.4 is 0 Å². The molecule has 1 aliphatic carbocycles. The number of hydrogen-bond acceptors (Lipinski definition) is 4.